The molecule has 0 bridgehead atoms. The van der Waals surface area contributed by atoms with E-state index in [0.717, 1.165) is 12.0 Å². The number of rotatable bonds is 1. The fourth-order valence-electron chi connectivity index (χ4n) is 1.27. The van der Waals surface area contributed by atoms with Crippen LogP contribution >= 0.6 is 22.6 Å². The Labute approximate surface area is 93.3 Å². The first-order chi connectivity index (χ1) is 5.88. The maximum atomic E-state index is 9.59. The van der Waals surface area contributed by atoms with Gasteiger partial charge in [-0.1, -0.05) is 20.8 Å². The summed E-state index contributed by atoms with van der Waals surface area (Å²) >= 11 is 2.26. The van der Waals surface area contributed by atoms with Gasteiger partial charge in [0.15, 0.2) is 0 Å². The van der Waals surface area contributed by atoms with Crippen molar-refractivity contribution in [1.29, 1.82) is 0 Å². The number of benzene rings is 1. The molecule has 0 radical (unpaired) electrons. The molecule has 72 valence electrons. The highest BCUT2D eigenvalue weighted by Gasteiger charge is 2.13. The Bertz CT molecular complexity index is 299. The molecule has 0 aliphatic heterocycles. The molecule has 0 saturated carbocycles. The van der Waals surface area contributed by atoms with Crippen molar-refractivity contribution < 1.29 is 5.11 Å². The van der Waals surface area contributed by atoms with Gasteiger partial charge in [0.05, 0.1) is 0 Å². The highest BCUT2D eigenvalue weighted by molar-refractivity contribution is 14.1. The standard InChI is InChI=1S/C11H15IO/c1-11(2,3)7-8-6-9(12)4-5-10(8)13/h4-6,13H,7H2,1-3H3. The minimum absolute atomic E-state index is 0.224. The van der Waals surface area contributed by atoms with Gasteiger partial charge in [0, 0.05) is 3.57 Å². The monoisotopic (exact) mass is 290 g/mol. The summed E-state index contributed by atoms with van der Waals surface area (Å²) in [5, 5.41) is 9.59. The molecule has 2 heteroatoms. The zero-order valence-corrected chi connectivity index (χ0v) is 10.4. The van der Waals surface area contributed by atoms with Gasteiger partial charge in [-0.05, 0) is 58.2 Å². The molecule has 0 spiro atoms. The van der Waals surface area contributed by atoms with Gasteiger partial charge in [0.2, 0.25) is 0 Å². The maximum absolute atomic E-state index is 9.59. The fourth-order valence-corrected chi connectivity index (χ4v) is 1.82. The van der Waals surface area contributed by atoms with E-state index in [4.69, 9.17) is 0 Å². The second-order valence-corrected chi connectivity index (χ2v) is 5.76. The molecular weight excluding hydrogens is 275 g/mol. The molecule has 13 heavy (non-hydrogen) atoms. The van der Waals surface area contributed by atoms with Gasteiger partial charge < -0.3 is 5.11 Å². The molecule has 0 atom stereocenters. The molecule has 1 nitrogen and oxygen atoms in total. The summed E-state index contributed by atoms with van der Waals surface area (Å²) in [4.78, 5) is 0. The van der Waals surface area contributed by atoms with Crippen LogP contribution in [0.1, 0.15) is 26.3 Å². The first-order valence-electron chi connectivity index (χ1n) is 4.36. The minimum Gasteiger partial charge on any atom is -0.508 e. The Morgan fingerprint density at radius 3 is 2.46 bits per heavy atom. The van der Waals surface area contributed by atoms with Crippen LogP contribution < -0.4 is 0 Å². The molecule has 0 amide bonds. The molecule has 0 unspecified atom stereocenters. The number of phenols is 1. The second-order valence-electron chi connectivity index (χ2n) is 4.51. The summed E-state index contributed by atoms with van der Waals surface area (Å²) in [6.07, 6.45) is 0.912. The fraction of sp³-hybridized carbons (Fsp3) is 0.455. The number of hydrogen-bond donors (Lipinski definition) is 1. The van der Waals surface area contributed by atoms with Gasteiger partial charge in [0.25, 0.3) is 0 Å². The number of hydrogen-bond acceptors (Lipinski definition) is 1. The topological polar surface area (TPSA) is 20.2 Å². The average Bonchev–Trinajstić information content (AvgIpc) is 1.94. The van der Waals surface area contributed by atoms with Crippen LogP contribution in [-0.2, 0) is 6.42 Å². The Morgan fingerprint density at radius 1 is 1.31 bits per heavy atom. The Balaban J connectivity index is 2.94. The lowest BCUT2D eigenvalue weighted by Crippen LogP contribution is -2.09. The molecule has 1 aromatic rings. The van der Waals surface area contributed by atoms with E-state index in [9.17, 15) is 5.11 Å². The van der Waals surface area contributed by atoms with Crippen LogP contribution in [0.4, 0.5) is 0 Å². The van der Waals surface area contributed by atoms with Crippen LogP contribution in [0.3, 0.4) is 0 Å². The van der Waals surface area contributed by atoms with E-state index in [2.05, 4.69) is 43.4 Å². The quantitative estimate of drug-likeness (QED) is 0.784. The van der Waals surface area contributed by atoms with Gasteiger partial charge in [0.1, 0.15) is 5.75 Å². The van der Waals surface area contributed by atoms with Crippen molar-refractivity contribution in [3.05, 3.63) is 27.3 Å². The molecule has 0 aliphatic carbocycles. The normalized spacial score (nSPS) is 11.7. The van der Waals surface area contributed by atoms with E-state index < -0.39 is 0 Å². The Hall–Kier alpha value is -0.250. The number of halogens is 1. The summed E-state index contributed by atoms with van der Waals surface area (Å²) in [5.74, 6) is 0.412. The first kappa shape index (κ1) is 10.8. The van der Waals surface area contributed by atoms with Crippen LogP contribution in [0, 0.1) is 8.99 Å². The predicted molar refractivity (Wildman–Crippen MR) is 64.0 cm³/mol. The molecule has 0 aliphatic rings. The van der Waals surface area contributed by atoms with Crippen molar-refractivity contribution in [2.24, 2.45) is 5.41 Å². The maximum Gasteiger partial charge on any atom is 0.118 e. The van der Waals surface area contributed by atoms with Crippen molar-refractivity contribution in [3.8, 4) is 5.75 Å². The van der Waals surface area contributed by atoms with Crippen LogP contribution in [0.15, 0.2) is 18.2 Å². The van der Waals surface area contributed by atoms with Gasteiger partial charge in [-0.3, -0.25) is 0 Å². The SMILES string of the molecule is CC(C)(C)Cc1cc(I)ccc1O. The molecular formula is C11H15IO. The van der Waals surface area contributed by atoms with Crippen molar-refractivity contribution in [2.75, 3.05) is 0 Å². The highest BCUT2D eigenvalue weighted by atomic mass is 127. The van der Waals surface area contributed by atoms with Crippen molar-refractivity contribution in [3.63, 3.8) is 0 Å². The molecule has 0 aromatic heterocycles. The van der Waals surface area contributed by atoms with E-state index in [1.54, 1.807) is 6.07 Å². The smallest absolute Gasteiger partial charge is 0.118 e. The van der Waals surface area contributed by atoms with Gasteiger partial charge >= 0.3 is 0 Å². The van der Waals surface area contributed by atoms with Gasteiger partial charge in [-0.25, -0.2) is 0 Å². The zero-order chi connectivity index (χ0) is 10.1. The van der Waals surface area contributed by atoms with Crippen molar-refractivity contribution >= 4 is 22.6 Å². The van der Waals surface area contributed by atoms with E-state index in [1.807, 2.05) is 12.1 Å². The summed E-state index contributed by atoms with van der Waals surface area (Å²) in [5.41, 5.74) is 1.27. The summed E-state index contributed by atoms with van der Waals surface area (Å²) in [6.45, 7) is 6.52. The van der Waals surface area contributed by atoms with Crippen molar-refractivity contribution in [2.45, 2.75) is 27.2 Å². The average molecular weight is 290 g/mol. The lowest BCUT2D eigenvalue weighted by molar-refractivity contribution is 0.394. The van der Waals surface area contributed by atoms with Crippen LogP contribution in [0.25, 0.3) is 0 Å². The van der Waals surface area contributed by atoms with Crippen molar-refractivity contribution in [1.82, 2.24) is 0 Å². The zero-order valence-electron chi connectivity index (χ0n) is 8.26. The minimum atomic E-state index is 0.224. The summed E-state index contributed by atoms with van der Waals surface area (Å²) < 4.78 is 1.18. The van der Waals surface area contributed by atoms with Gasteiger partial charge in [-0.15, -0.1) is 0 Å². The molecule has 1 aromatic carbocycles. The second kappa shape index (κ2) is 3.86. The lowest BCUT2D eigenvalue weighted by atomic mass is 9.88. The summed E-state index contributed by atoms with van der Waals surface area (Å²) in [6, 6.07) is 5.73. The molecule has 0 heterocycles. The predicted octanol–water partition coefficient (Wildman–Crippen LogP) is 3.59. The van der Waals surface area contributed by atoms with E-state index in [1.165, 1.54) is 3.57 Å². The van der Waals surface area contributed by atoms with E-state index in [0.29, 0.717) is 5.75 Å². The van der Waals surface area contributed by atoms with E-state index in [-0.39, 0.29) is 5.41 Å². The van der Waals surface area contributed by atoms with Crippen LogP contribution in [-0.4, -0.2) is 5.11 Å². The number of phenolic OH excluding ortho intramolecular Hbond substituents is 1. The van der Waals surface area contributed by atoms with Gasteiger partial charge in [-0.2, -0.15) is 0 Å². The lowest BCUT2D eigenvalue weighted by Gasteiger charge is -2.18. The third kappa shape index (κ3) is 3.55. The highest BCUT2D eigenvalue weighted by Crippen LogP contribution is 2.27. The molecule has 0 fully saturated rings. The largest absolute Gasteiger partial charge is 0.508 e. The summed E-state index contributed by atoms with van der Waals surface area (Å²) in [7, 11) is 0. The first-order valence-corrected chi connectivity index (χ1v) is 5.44. The molecule has 0 saturated heterocycles. The Morgan fingerprint density at radius 2 is 1.92 bits per heavy atom. The molecule has 1 N–H and O–H groups in total. The Kier molecular flexibility index (Phi) is 3.22. The number of aromatic hydroxyl groups is 1. The van der Waals surface area contributed by atoms with Crippen LogP contribution in [0.2, 0.25) is 0 Å². The molecule has 1 rings (SSSR count). The third-order valence-corrected chi connectivity index (χ3v) is 2.43. The van der Waals surface area contributed by atoms with E-state index >= 15 is 0 Å². The van der Waals surface area contributed by atoms with Crippen LogP contribution in [0.5, 0.6) is 5.75 Å². The third-order valence-electron chi connectivity index (χ3n) is 1.76.